The van der Waals surface area contributed by atoms with Crippen LogP contribution >= 0.6 is 0 Å². The molecule has 1 N–H and O–H groups in total. The molecule has 0 atom stereocenters. The van der Waals surface area contributed by atoms with Crippen LogP contribution in [-0.4, -0.2) is 11.1 Å². The van der Waals surface area contributed by atoms with Crippen molar-refractivity contribution in [3.63, 3.8) is 0 Å². The van der Waals surface area contributed by atoms with E-state index < -0.39 is 5.97 Å². The molecule has 22 heavy (non-hydrogen) atoms. The number of carboxylic acids is 1. The predicted molar refractivity (Wildman–Crippen MR) is 96.2 cm³/mol. The summed E-state index contributed by atoms with van der Waals surface area (Å²) in [6.07, 6.45) is 25.3. The topological polar surface area (TPSA) is 37.3 Å². The fourth-order valence-electron chi connectivity index (χ4n) is 2.46. The van der Waals surface area contributed by atoms with Gasteiger partial charge in [0, 0.05) is 6.42 Å². The minimum Gasteiger partial charge on any atom is -0.481 e. The molecule has 0 spiro atoms. The highest BCUT2D eigenvalue weighted by Crippen LogP contribution is 2.11. The predicted octanol–water partition coefficient (Wildman–Crippen LogP) is 6.66. The van der Waals surface area contributed by atoms with Crippen molar-refractivity contribution in [3.8, 4) is 0 Å². The zero-order chi connectivity index (χ0) is 16.3. The van der Waals surface area contributed by atoms with Crippen molar-refractivity contribution in [2.24, 2.45) is 0 Å². The fourth-order valence-corrected chi connectivity index (χ4v) is 2.46. The number of unbranched alkanes of at least 4 members (excludes halogenated alkanes) is 10. The Balaban J connectivity index is 3.15. The first-order valence-electron chi connectivity index (χ1n) is 9.29. The molecule has 0 aromatic carbocycles. The van der Waals surface area contributed by atoms with Crippen LogP contribution in [0.15, 0.2) is 24.3 Å². The van der Waals surface area contributed by atoms with Crippen molar-refractivity contribution in [3.05, 3.63) is 24.3 Å². The fraction of sp³-hybridized carbons (Fsp3) is 0.750. The van der Waals surface area contributed by atoms with Gasteiger partial charge >= 0.3 is 5.97 Å². The second-order valence-corrected chi connectivity index (χ2v) is 6.08. The summed E-state index contributed by atoms with van der Waals surface area (Å²) in [5.74, 6) is -0.721. The zero-order valence-corrected chi connectivity index (χ0v) is 14.6. The first kappa shape index (κ1) is 20.9. The third-order valence-electron chi connectivity index (χ3n) is 3.85. The summed E-state index contributed by atoms with van der Waals surface area (Å²) >= 11 is 0. The van der Waals surface area contributed by atoms with Gasteiger partial charge in [0.15, 0.2) is 0 Å². The number of allylic oxidation sites excluding steroid dienone is 4. The Labute approximate surface area is 137 Å². The molecule has 0 aliphatic rings. The molecule has 0 amide bonds. The Bertz CT molecular complexity index is 292. The van der Waals surface area contributed by atoms with E-state index in [1.807, 2.05) is 6.08 Å². The number of hydrogen-bond acceptors (Lipinski definition) is 1. The molecule has 2 heteroatoms. The number of carbonyl (C=O) groups is 1. The molecule has 0 saturated carbocycles. The maximum atomic E-state index is 10.3. The van der Waals surface area contributed by atoms with Gasteiger partial charge in [-0.25, -0.2) is 0 Å². The van der Waals surface area contributed by atoms with Crippen LogP contribution in [-0.2, 0) is 4.79 Å². The van der Waals surface area contributed by atoms with Crippen molar-refractivity contribution in [2.45, 2.75) is 96.8 Å². The Hall–Kier alpha value is -1.05. The van der Waals surface area contributed by atoms with E-state index >= 15 is 0 Å². The van der Waals surface area contributed by atoms with Crippen LogP contribution in [0, 0.1) is 0 Å². The smallest absolute Gasteiger partial charge is 0.303 e. The van der Waals surface area contributed by atoms with Gasteiger partial charge in [0.05, 0.1) is 0 Å². The average Bonchev–Trinajstić information content (AvgIpc) is 2.50. The molecule has 2 nitrogen and oxygen atoms in total. The minimum atomic E-state index is -0.721. The average molecular weight is 309 g/mol. The van der Waals surface area contributed by atoms with Crippen LogP contribution in [0.3, 0.4) is 0 Å². The maximum Gasteiger partial charge on any atom is 0.303 e. The summed E-state index contributed by atoms with van der Waals surface area (Å²) in [4.78, 5) is 10.3. The van der Waals surface area contributed by atoms with Crippen LogP contribution in [0.1, 0.15) is 96.8 Å². The molecule has 0 saturated heterocycles. The van der Waals surface area contributed by atoms with Crippen LogP contribution in [0.25, 0.3) is 0 Å². The van der Waals surface area contributed by atoms with E-state index in [2.05, 4.69) is 25.2 Å². The Morgan fingerprint density at radius 1 is 0.727 bits per heavy atom. The molecule has 0 unspecified atom stereocenters. The second-order valence-electron chi connectivity index (χ2n) is 6.08. The summed E-state index contributed by atoms with van der Waals surface area (Å²) in [5.41, 5.74) is 0. The molecule has 0 aromatic rings. The van der Waals surface area contributed by atoms with Gasteiger partial charge in [-0.1, -0.05) is 89.0 Å². The van der Waals surface area contributed by atoms with Crippen LogP contribution in [0.4, 0.5) is 0 Å². The third kappa shape index (κ3) is 18.9. The molecule has 0 fully saturated rings. The highest BCUT2D eigenvalue weighted by Gasteiger charge is 1.92. The summed E-state index contributed by atoms with van der Waals surface area (Å²) < 4.78 is 0. The lowest BCUT2D eigenvalue weighted by atomic mass is 10.1. The van der Waals surface area contributed by atoms with Gasteiger partial charge in [-0.2, -0.15) is 0 Å². The van der Waals surface area contributed by atoms with Crippen LogP contribution in [0.2, 0.25) is 0 Å². The number of carboxylic acid groups (broad SMARTS) is 1. The summed E-state index contributed by atoms with van der Waals surface area (Å²) in [7, 11) is 0. The van der Waals surface area contributed by atoms with E-state index in [0.717, 1.165) is 6.42 Å². The highest BCUT2D eigenvalue weighted by atomic mass is 16.4. The normalized spacial score (nSPS) is 11.7. The third-order valence-corrected chi connectivity index (χ3v) is 3.85. The SMILES string of the molecule is CCCCCCCCCCCC/C=C/C/C=C/CCC(=O)O. The van der Waals surface area contributed by atoms with E-state index in [4.69, 9.17) is 5.11 Å². The molecule has 128 valence electrons. The van der Waals surface area contributed by atoms with E-state index in [1.54, 1.807) is 0 Å². The Morgan fingerprint density at radius 3 is 1.77 bits per heavy atom. The van der Waals surface area contributed by atoms with E-state index in [9.17, 15) is 4.79 Å². The quantitative estimate of drug-likeness (QED) is 0.255. The highest BCUT2D eigenvalue weighted by molar-refractivity contribution is 5.66. The van der Waals surface area contributed by atoms with Gasteiger partial charge in [0.25, 0.3) is 0 Å². The molecular formula is C20H36O2. The minimum absolute atomic E-state index is 0.235. The zero-order valence-electron chi connectivity index (χ0n) is 14.6. The second kappa shape index (κ2) is 18.0. The van der Waals surface area contributed by atoms with Crippen molar-refractivity contribution < 1.29 is 9.90 Å². The van der Waals surface area contributed by atoms with Gasteiger partial charge in [0.2, 0.25) is 0 Å². The van der Waals surface area contributed by atoms with E-state index in [1.165, 1.54) is 70.6 Å². The van der Waals surface area contributed by atoms with Crippen LogP contribution in [0.5, 0.6) is 0 Å². The van der Waals surface area contributed by atoms with Gasteiger partial charge in [-0.15, -0.1) is 0 Å². The maximum absolute atomic E-state index is 10.3. The van der Waals surface area contributed by atoms with Crippen molar-refractivity contribution in [1.82, 2.24) is 0 Å². The summed E-state index contributed by atoms with van der Waals surface area (Å²) in [5, 5.41) is 8.49. The van der Waals surface area contributed by atoms with Gasteiger partial charge < -0.3 is 5.11 Å². The van der Waals surface area contributed by atoms with Crippen molar-refractivity contribution in [2.75, 3.05) is 0 Å². The number of hydrogen-bond donors (Lipinski definition) is 1. The molecule has 0 radical (unpaired) electrons. The monoisotopic (exact) mass is 308 g/mol. The largest absolute Gasteiger partial charge is 0.481 e. The number of rotatable bonds is 16. The van der Waals surface area contributed by atoms with E-state index in [0.29, 0.717) is 6.42 Å². The molecule has 0 aliphatic heterocycles. The van der Waals surface area contributed by atoms with E-state index in [-0.39, 0.29) is 6.42 Å². The first-order chi connectivity index (χ1) is 10.8. The van der Waals surface area contributed by atoms with Gasteiger partial charge in [-0.05, 0) is 25.7 Å². The lowest BCUT2D eigenvalue weighted by Gasteiger charge is -2.01. The molecule has 0 rings (SSSR count). The molecule has 0 aromatic heterocycles. The molecule has 0 heterocycles. The standard InChI is InChI=1S/C20H36O2/c1-2-3-4-5-6-7-8-9-10-11-12-13-14-15-16-17-18-19-20(21)22/h13-14,16-17H,2-12,15,18-19H2,1H3,(H,21,22)/b14-13+,17-16+. The van der Waals surface area contributed by atoms with Gasteiger partial charge in [0.1, 0.15) is 0 Å². The number of aliphatic carboxylic acids is 1. The Kier molecular flexibility index (Phi) is 17.1. The van der Waals surface area contributed by atoms with Crippen molar-refractivity contribution >= 4 is 5.97 Å². The van der Waals surface area contributed by atoms with Crippen molar-refractivity contribution in [1.29, 1.82) is 0 Å². The summed E-state index contributed by atoms with van der Waals surface area (Å²) in [6.45, 7) is 2.27. The Morgan fingerprint density at radius 2 is 1.23 bits per heavy atom. The molecule has 0 bridgehead atoms. The summed E-state index contributed by atoms with van der Waals surface area (Å²) in [6, 6.07) is 0. The molecule has 0 aliphatic carbocycles. The van der Waals surface area contributed by atoms with Crippen LogP contribution < -0.4 is 0 Å². The van der Waals surface area contributed by atoms with Gasteiger partial charge in [-0.3, -0.25) is 4.79 Å². The lowest BCUT2D eigenvalue weighted by Crippen LogP contribution is -1.91. The first-order valence-corrected chi connectivity index (χ1v) is 9.29. The molecular weight excluding hydrogens is 272 g/mol. The lowest BCUT2D eigenvalue weighted by molar-refractivity contribution is -0.136.